The number of aryl methyl sites for hydroxylation is 1. The maximum absolute atomic E-state index is 13.0. The van der Waals surface area contributed by atoms with E-state index in [0.29, 0.717) is 34.2 Å². The first-order valence-corrected chi connectivity index (χ1v) is 9.86. The summed E-state index contributed by atoms with van der Waals surface area (Å²) in [6.07, 6.45) is 1.41. The Morgan fingerprint density at radius 1 is 1.17 bits per heavy atom. The summed E-state index contributed by atoms with van der Waals surface area (Å²) in [5, 5.41) is 6.07. The highest BCUT2D eigenvalue weighted by atomic mass is 32.1. The maximum Gasteiger partial charge on any atom is 0.257 e. The van der Waals surface area contributed by atoms with Crippen LogP contribution in [0.2, 0.25) is 0 Å². The number of benzene rings is 2. The van der Waals surface area contributed by atoms with E-state index in [1.54, 1.807) is 31.4 Å². The minimum Gasteiger partial charge on any atom is -0.497 e. The first-order valence-electron chi connectivity index (χ1n) is 9.05. The maximum atomic E-state index is 13.0. The van der Waals surface area contributed by atoms with Crippen molar-refractivity contribution >= 4 is 34.0 Å². The van der Waals surface area contributed by atoms with Crippen molar-refractivity contribution < 1.29 is 18.7 Å². The molecule has 1 aliphatic rings. The van der Waals surface area contributed by atoms with Gasteiger partial charge in [-0.15, -0.1) is 11.3 Å². The molecule has 0 fully saturated rings. The summed E-state index contributed by atoms with van der Waals surface area (Å²) < 4.78 is 18.2. The molecule has 2 N–H and O–H groups in total. The molecule has 2 amide bonds. The summed E-state index contributed by atoms with van der Waals surface area (Å²) >= 11 is 1.36. The Hall–Kier alpha value is -3.26. The molecule has 0 saturated heterocycles. The van der Waals surface area contributed by atoms with Gasteiger partial charge >= 0.3 is 0 Å². The van der Waals surface area contributed by atoms with Crippen molar-refractivity contribution in [3.63, 3.8) is 0 Å². The van der Waals surface area contributed by atoms with Gasteiger partial charge in [0.25, 0.3) is 5.91 Å². The third kappa shape index (κ3) is 4.12. The number of nitrogens with zero attached hydrogens (tertiary/aromatic N) is 1. The van der Waals surface area contributed by atoms with E-state index in [0.717, 1.165) is 11.3 Å². The van der Waals surface area contributed by atoms with Crippen LogP contribution in [0.1, 0.15) is 33.3 Å². The van der Waals surface area contributed by atoms with Crippen LogP contribution in [0.5, 0.6) is 5.75 Å². The van der Waals surface area contributed by atoms with Crippen molar-refractivity contribution in [1.82, 2.24) is 4.98 Å². The van der Waals surface area contributed by atoms with Gasteiger partial charge in [-0.25, -0.2) is 9.37 Å². The Kier molecular flexibility index (Phi) is 5.26. The molecule has 4 rings (SSSR count). The zero-order valence-electron chi connectivity index (χ0n) is 15.6. The van der Waals surface area contributed by atoms with Gasteiger partial charge in [0.15, 0.2) is 5.13 Å². The minimum absolute atomic E-state index is 0.140. The molecule has 29 heavy (non-hydrogen) atoms. The van der Waals surface area contributed by atoms with Crippen molar-refractivity contribution in [2.24, 2.45) is 0 Å². The van der Waals surface area contributed by atoms with Gasteiger partial charge in [-0.2, -0.15) is 0 Å². The zero-order chi connectivity index (χ0) is 20.4. The molecule has 2 aromatic carbocycles. The summed E-state index contributed by atoms with van der Waals surface area (Å²) in [5.74, 6) is -0.619. The number of methoxy groups -OCH3 is 1. The standard InChI is InChI=1S/C21H18FN3O3S/c1-28-15-4-2-3-14(11-15)23-20(27)16-9-10-17-18(16)24-21(29-17)25-19(26)12-5-7-13(22)8-6-12/h2-8,11,16H,9-10H2,1H3,(H,23,27)(H,24,25,26). The molecule has 1 atom stereocenters. The van der Waals surface area contributed by atoms with E-state index < -0.39 is 5.82 Å². The summed E-state index contributed by atoms with van der Waals surface area (Å²) in [6, 6.07) is 12.5. The molecule has 6 nitrogen and oxygen atoms in total. The summed E-state index contributed by atoms with van der Waals surface area (Å²) in [5.41, 5.74) is 1.70. The zero-order valence-corrected chi connectivity index (χ0v) is 16.4. The lowest BCUT2D eigenvalue weighted by Crippen LogP contribution is -2.20. The smallest absolute Gasteiger partial charge is 0.257 e. The van der Waals surface area contributed by atoms with E-state index in [2.05, 4.69) is 15.6 Å². The molecule has 8 heteroatoms. The molecule has 148 valence electrons. The number of amides is 2. The minimum atomic E-state index is -0.403. The van der Waals surface area contributed by atoms with E-state index in [-0.39, 0.29) is 17.7 Å². The summed E-state index contributed by atoms with van der Waals surface area (Å²) in [4.78, 5) is 30.5. The molecule has 0 radical (unpaired) electrons. The van der Waals surface area contributed by atoms with Crippen LogP contribution < -0.4 is 15.4 Å². The van der Waals surface area contributed by atoms with E-state index in [9.17, 15) is 14.0 Å². The molecule has 0 bridgehead atoms. The Morgan fingerprint density at radius 3 is 2.72 bits per heavy atom. The molecule has 0 saturated carbocycles. The van der Waals surface area contributed by atoms with Crippen LogP contribution in [0.25, 0.3) is 0 Å². The van der Waals surface area contributed by atoms with Crippen molar-refractivity contribution in [3.05, 3.63) is 70.5 Å². The Bertz CT molecular complexity index is 1070. The Morgan fingerprint density at radius 2 is 1.97 bits per heavy atom. The van der Waals surface area contributed by atoms with Crippen LogP contribution in [-0.2, 0) is 11.2 Å². The highest BCUT2D eigenvalue weighted by molar-refractivity contribution is 7.16. The van der Waals surface area contributed by atoms with Crippen LogP contribution >= 0.6 is 11.3 Å². The average Bonchev–Trinajstić information content (AvgIpc) is 3.28. The fourth-order valence-corrected chi connectivity index (χ4v) is 4.27. The van der Waals surface area contributed by atoms with Crippen LogP contribution in [0.3, 0.4) is 0 Å². The highest BCUT2D eigenvalue weighted by Gasteiger charge is 2.33. The number of anilines is 2. The van der Waals surface area contributed by atoms with Crippen molar-refractivity contribution in [1.29, 1.82) is 0 Å². The second-order valence-corrected chi connectivity index (χ2v) is 7.68. The summed E-state index contributed by atoms with van der Waals surface area (Å²) in [7, 11) is 1.57. The molecule has 1 aliphatic carbocycles. The van der Waals surface area contributed by atoms with E-state index in [1.165, 1.54) is 35.6 Å². The predicted octanol–water partition coefficient (Wildman–Crippen LogP) is 4.21. The fourth-order valence-electron chi connectivity index (χ4n) is 3.24. The molecule has 0 spiro atoms. The van der Waals surface area contributed by atoms with Gasteiger partial charge < -0.3 is 10.1 Å². The second kappa shape index (κ2) is 8.00. The third-order valence-electron chi connectivity index (χ3n) is 4.70. The number of ether oxygens (including phenoxy) is 1. The fraction of sp³-hybridized carbons (Fsp3) is 0.190. The number of nitrogens with one attached hydrogen (secondary N) is 2. The van der Waals surface area contributed by atoms with Gasteiger partial charge in [0, 0.05) is 22.2 Å². The van der Waals surface area contributed by atoms with Crippen molar-refractivity contribution in [2.75, 3.05) is 17.7 Å². The van der Waals surface area contributed by atoms with Gasteiger partial charge in [-0.05, 0) is 49.2 Å². The number of carbonyl (C=O) groups is 2. The van der Waals surface area contributed by atoms with Crippen LogP contribution in [0.4, 0.5) is 15.2 Å². The average molecular weight is 411 g/mol. The number of aromatic nitrogens is 1. The lowest BCUT2D eigenvalue weighted by molar-refractivity contribution is -0.117. The van der Waals surface area contributed by atoms with Gasteiger partial charge in [0.2, 0.25) is 5.91 Å². The number of thiazole rings is 1. The van der Waals surface area contributed by atoms with Crippen molar-refractivity contribution in [2.45, 2.75) is 18.8 Å². The monoisotopic (exact) mass is 411 g/mol. The first kappa shape index (κ1) is 19.1. The normalized spacial score (nSPS) is 14.9. The Balaban J connectivity index is 1.46. The molecule has 1 heterocycles. The molecule has 3 aromatic rings. The number of hydrogen-bond donors (Lipinski definition) is 2. The lowest BCUT2D eigenvalue weighted by atomic mass is 10.1. The third-order valence-corrected chi connectivity index (χ3v) is 5.74. The van der Waals surface area contributed by atoms with E-state index >= 15 is 0 Å². The predicted molar refractivity (Wildman–Crippen MR) is 109 cm³/mol. The number of hydrogen-bond acceptors (Lipinski definition) is 5. The number of fused-ring (bicyclic) bond motifs is 1. The van der Waals surface area contributed by atoms with E-state index in [4.69, 9.17) is 4.74 Å². The number of halogens is 1. The van der Waals surface area contributed by atoms with Crippen LogP contribution in [0, 0.1) is 5.82 Å². The molecular weight excluding hydrogens is 393 g/mol. The molecular formula is C21H18FN3O3S. The molecule has 1 aromatic heterocycles. The van der Waals surface area contributed by atoms with Gasteiger partial charge in [0.1, 0.15) is 11.6 Å². The van der Waals surface area contributed by atoms with Crippen LogP contribution in [0.15, 0.2) is 48.5 Å². The number of carbonyl (C=O) groups excluding carboxylic acids is 2. The van der Waals surface area contributed by atoms with Crippen LogP contribution in [-0.4, -0.2) is 23.9 Å². The Labute approximate surface area is 170 Å². The highest BCUT2D eigenvalue weighted by Crippen LogP contribution is 2.39. The SMILES string of the molecule is COc1cccc(NC(=O)C2CCc3sc(NC(=O)c4ccc(F)cc4)nc32)c1. The second-order valence-electron chi connectivity index (χ2n) is 6.60. The molecule has 1 unspecified atom stereocenters. The quantitative estimate of drug-likeness (QED) is 0.659. The van der Waals surface area contributed by atoms with E-state index in [1.807, 2.05) is 0 Å². The molecule has 0 aliphatic heterocycles. The lowest BCUT2D eigenvalue weighted by Gasteiger charge is -2.11. The van der Waals surface area contributed by atoms with Crippen molar-refractivity contribution in [3.8, 4) is 5.75 Å². The summed E-state index contributed by atoms with van der Waals surface area (Å²) in [6.45, 7) is 0. The topological polar surface area (TPSA) is 80.3 Å². The van der Waals surface area contributed by atoms with Gasteiger partial charge in [-0.1, -0.05) is 6.07 Å². The number of rotatable bonds is 5. The first-order chi connectivity index (χ1) is 14.0. The largest absolute Gasteiger partial charge is 0.497 e. The van der Waals surface area contributed by atoms with Gasteiger partial charge in [0.05, 0.1) is 18.7 Å². The van der Waals surface area contributed by atoms with Gasteiger partial charge in [-0.3, -0.25) is 14.9 Å².